The summed E-state index contributed by atoms with van der Waals surface area (Å²) >= 11 is 0. The minimum atomic E-state index is -3.51. The molecule has 0 bridgehead atoms. The van der Waals surface area contributed by atoms with Crippen LogP contribution in [0, 0.1) is 0 Å². The third-order valence-electron chi connectivity index (χ3n) is 3.44. The number of ether oxygens (including phenoxy) is 1. The fraction of sp³-hybridized carbons (Fsp3) is 0.267. The van der Waals surface area contributed by atoms with E-state index >= 15 is 0 Å². The quantitative estimate of drug-likeness (QED) is 0.904. The second-order valence-corrected chi connectivity index (χ2v) is 7.07. The van der Waals surface area contributed by atoms with E-state index in [2.05, 4.69) is 5.32 Å². The molecular weight excluding hydrogens is 320 g/mol. The molecule has 23 heavy (non-hydrogen) atoms. The standard InChI is InChI=1S/C15H16N2O5S/c1-23(19,20)17-10-14(22-13-7-3-2-6-12(13)17)15(18)16-9-11-5-4-8-21-11/h2-8,14H,9-10H2,1H3,(H,16,18)/t14-/m1/s1. The van der Waals surface area contributed by atoms with Crippen LogP contribution in [0.2, 0.25) is 0 Å². The Bertz CT molecular complexity index is 801. The van der Waals surface area contributed by atoms with Crippen LogP contribution in [0.5, 0.6) is 5.75 Å². The Morgan fingerprint density at radius 1 is 1.30 bits per heavy atom. The number of carbonyl (C=O) groups excluding carboxylic acids is 1. The first-order valence-electron chi connectivity index (χ1n) is 6.98. The maximum absolute atomic E-state index is 12.3. The van der Waals surface area contributed by atoms with Crippen LogP contribution in [0.25, 0.3) is 0 Å². The molecule has 1 aromatic carbocycles. The van der Waals surface area contributed by atoms with Crippen molar-refractivity contribution in [1.29, 1.82) is 0 Å². The predicted molar refractivity (Wildman–Crippen MR) is 83.6 cm³/mol. The van der Waals surface area contributed by atoms with Crippen LogP contribution in [0.15, 0.2) is 47.1 Å². The largest absolute Gasteiger partial charge is 0.476 e. The molecule has 2 heterocycles. The fourth-order valence-electron chi connectivity index (χ4n) is 2.35. The van der Waals surface area contributed by atoms with E-state index < -0.39 is 22.0 Å². The molecule has 0 saturated carbocycles. The molecule has 1 N–H and O–H groups in total. The van der Waals surface area contributed by atoms with Crippen molar-refractivity contribution < 1.29 is 22.4 Å². The average molecular weight is 336 g/mol. The number of amides is 1. The third-order valence-corrected chi connectivity index (χ3v) is 4.59. The van der Waals surface area contributed by atoms with Crippen molar-refractivity contribution in [3.05, 3.63) is 48.4 Å². The maximum atomic E-state index is 12.3. The second kappa shape index (κ2) is 5.96. The lowest BCUT2D eigenvalue weighted by molar-refractivity contribution is -0.128. The molecule has 7 nitrogen and oxygen atoms in total. The number of fused-ring (bicyclic) bond motifs is 1. The van der Waals surface area contributed by atoms with Gasteiger partial charge in [-0.05, 0) is 24.3 Å². The van der Waals surface area contributed by atoms with Gasteiger partial charge in [-0.25, -0.2) is 8.42 Å². The summed E-state index contributed by atoms with van der Waals surface area (Å²) in [4.78, 5) is 12.3. The SMILES string of the molecule is CS(=O)(=O)N1C[C@H](C(=O)NCc2ccco2)Oc2ccccc21. The highest BCUT2D eigenvalue weighted by atomic mass is 32.2. The van der Waals surface area contributed by atoms with Crippen LogP contribution in [0.1, 0.15) is 5.76 Å². The summed E-state index contributed by atoms with van der Waals surface area (Å²) in [6.07, 6.45) is 1.70. The molecule has 8 heteroatoms. The number of furan rings is 1. The number of para-hydroxylation sites is 2. The normalized spacial score (nSPS) is 17.3. The Morgan fingerprint density at radius 2 is 2.09 bits per heavy atom. The molecule has 0 spiro atoms. The van der Waals surface area contributed by atoms with Gasteiger partial charge in [0.25, 0.3) is 5.91 Å². The fourth-order valence-corrected chi connectivity index (χ4v) is 3.27. The van der Waals surface area contributed by atoms with Crippen molar-refractivity contribution in [2.45, 2.75) is 12.6 Å². The molecule has 1 aliphatic heterocycles. The highest BCUT2D eigenvalue weighted by Crippen LogP contribution is 2.34. The molecule has 1 amide bonds. The highest BCUT2D eigenvalue weighted by molar-refractivity contribution is 7.92. The van der Waals surface area contributed by atoms with Crippen LogP contribution in [0.4, 0.5) is 5.69 Å². The van der Waals surface area contributed by atoms with Gasteiger partial charge in [0.2, 0.25) is 10.0 Å². The first kappa shape index (κ1) is 15.4. The molecule has 3 rings (SSSR count). The van der Waals surface area contributed by atoms with E-state index in [4.69, 9.17) is 9.15 Å². The summed E-state index contributed by atoms with van der Waals surface area (Å²) in [5.41, 5.74) is 0.435. The first-order valence-corrected chi connectivity index (χ1v) is 8.83. The van der Waals surface area contributed by atoms with Gasteiger partial charge in [0.15, 0.2) is 6.10 Å². The first-order chi connectivity index (χ1) is 10.9. The Kier molecular flexibility index (Phi) is 3.99. The molecule has 122 valence electrons. The molecule has 1 atom stereocenters. The lowest BCUT2D eigenvalue weighted by Gasteiger charge is -2.33. The lowest BCUT2D eigenvalue weighted by atomic mass is 10.2. The Balaban J connectivity index is 1.78. The van der Waals surface area contributed by atoms with Gasteiger partial charge < -0.3 is 14.5 Å². The number of benzene rings is 1. The van der Waals surface area contributed by atoms with E-state index in [1.165, 1.54) is 10.6 Å². The number of hydrogen-bond donors (Lipinski definition) is 1. The summed E-state index contributed by atoms with van der Waals surface area (Å²) in [5, 5.41) is 2.68. The van der Waals surface area contributed by atoms with Crippen molar-refractivity contribution in [2.75, 3.05) is 17.1 Å². The van der Waals surface area contributed by atoms with Crippen molar-refractivity contribution in [3.63, 3.8) is 0 Å². The number of nitrogens with zero attached hydrogens (tertiary/aromatic N) is 1. The van der Waals surface area contributed by atoms with E-state index in [1.54, 1.807) is 36.4 Å². The summed E-state index contributed by atoms with van der Waals surface area (Å²) < 4.78 is 35.9. The van der Waals surface area contributed by atoms with Gasteiger partial charge in [-0.3, -0.25) is 9.10 Å². The van der Waals surface area contributed by atoms with E-state index in [1.807, 2.05) is 0 Å². The topological polar surface area (TPSA) is 88.9 Å². The number of nitrogens with one attached hydrogen (secondary N) is 1. The zero-order valence-electron chi connectivity index (χ0n) is 12.4. The molecule has 1 aromatic heterocycles. The van der Waals surface area contributed by atoms with Crippen molar-refractivity contribution in [2.24, 2.45) is 0 Å². The minimum absolute atomic E-state index is 0.0696. The van der Waals surface area contributed by atoms with E-state index in [0.717, 1.165) is 6.26 Å². The van der Waals surface area contributed by atoms with E-state index in [9.17, 15) is 13.2 Å². The maximum Gasteiger partial charge on any atom is 0.263 e. The number of carbonyl (C=O) groups is 1. The lowest BCUT2D eigenvalue weighted by Crippen LogP contribution is -2.50. The monoisotopic (exact) mass is 336 g/mol. The van der Waals surface area contributed by atoms with Crippen LogP contribution in [0.3, 0.4) is 0 Å². The zero-order chi connectivity index (χ0) is 16.4. The molecule has 0 unspecified atom stereocenters. The van der Waals surface area contributed by atoms with Gasteiger partial charge in [0, 0.05) is 0 Å². The van der Waals surface area contributed by atoms with Crippen molar-refractivity contribution >= 4 is 21.6 Å². The molecule has 1 aliphatic rings. The van der Waals surface area contributed by atoms with E-state index in [0.29, 0.717) is 17.2 Å². The smallest absolute Gasteiger partial charge is 0.263 e. The second-order valence-electron chi connectivity index (χ2n) is 5.17. The Hall–Kier alpha value is -2.48. The van der Waals surface area contributed by atoms with Gasteiger partial charge in [-0.15, -0.1) is 0 Å². The molecule has 0 saturated heterocycles. The van der Waals surface area contributed by atoms with E-state index in [-0.39, 0.29) is 13.1 Å². The number of sulfonamides is 1. The molecular formula is C15H16N2O5S. The van der Waals surface area contributed by atoms with Crippen LogP contribution in [-0.2, 0) is 21.4 Å². The number of hydrogen-bond acceptors (Lipinski definition) is 5. The highest BCUT2D eigenvalue weighted by Gasteiger charge is 2.34. The van der Waals surface area contributed by atoms with Gasteiger partial charge >= 0.3 is 0 Å². The van der Waals surface area contributed by atoms with Crippen molar-refractivity contribution in [1.82, 2.24) is 5.32 Å². The van der Waals surface area contributed by atoms with Crippen molar-refractivity contribution in [3.8, 4) is 5.75 Å². The van der Waals surface area contributed by atoms with Crippen LogP contribution in [-0.4, -0.2) is 33.2 Å². The zero-order valence-corrected chi connectivity index (χ0v) is 13.2. The summed E-state index contributed by atoms with van der Waals surface area (Å²) in [7, 11) is -3.51. The summed E-state index contributed by atoms with van der Waals surface area (Å²) in [6.45, 7) is 0.145. The molecule has 0 aliphatic carbocycles. The number of rotatable bonds is 4. The minimum Gasteiger partial charge on any atom is -0.476 e. The van der Waals surface area contributed by atoms with Crippen LogP contribution < -0.4 is 14.4 Å². The molecule has 0 radical (unpaired) electrons. The molecule has 0 fully saturated rings. The predicted octanol–water partition coefficient (Wildman–Crippen LogP) is 1.12. The van der Waals surface area contributed by atoms with Gasteiger partial charge in [-0.1, -0.05) is 12.1 Å². The third kappa shape index (κ3) is 3.31. The van der Waals surface area contributed by atoms with Gasteiger partial charge in [0.05, 0.1) is 31.3 Å². The van der Waals surface area contributed by atoms with Gasteiger partial charge in [0.1, 0.15) is 11.5 Å². The van der Waals surface area contributed by atoms with Crippen LogP contribution >= 0.6 is 0 Å². The molecule has 2 aromatic rings. The summed E-state index contributed by atoms with van der Waals surface area (Å²) in [5.74, 6) is 0.571. The average Bonchev–Trinajstić information content (AvgIpc) is 3.04. The number of anilines is 1. The van der Waals surface area contributed by atoms with Gasteiger partial charge in [-0.2, -0.15) is 0 Å². The Morgan fingerprint density at radius 3 is 2.78 bits per heavy atom. The summed E-state index contributed by atoms with van der Waals surface area (Å²) in [6, 6.07) is 10.2. The Labute approximate surface area is 133 Å².